The molecule has 1 aliphatic heterocycles. The fourth-order valence-electron chi connectivity index (χ4n) is 2.82. The molecule has 82 valence electrons. The van der Waals surface area contributed by atoms with E-state index < -0.39 is 0 Å². The van der Waals surface area contributed by atoms with Crippen LogP contribution in [0.2, 0.25) is 0 Å². The van der Waals surface area contributed by atoms with Gasteiger partial charge in [-0.3, -0.25) is 0 Å². The lowest BCUT2D eigenvalue weighted by atomic mass is 9.69. The molecule has 1 N–H and O–H groups in total. The SMILES string of the molecule is CC(C)C1CC(CN2CC[C@@H](O)C2)C1. The van der Waals surface area contributed by atoms with E-state index in [1.165, 1.54) is 19.4 Å². The molecule has 1 heterocycles. The second kappa shape index (κ2) is 4.19. The second-order valence-corrected chi connectivity index (χ2v) is 5.54. The highest BCUT2D eigenvalue weighted by molar-refractivity contribution is 4.85. The fourth-order valence-corrected chi connectivity index (χ4v) is 2.82. The van der Waals surface area contributed by atoms with Gasteiger partial charge in [-0.25, -0.2) is 0 Å². The van der Waals surface area contributed by atoms with Crippen LogP contribution in [0.3, 0.4) is 0 Å². The van der Waals surface area contributed by atoms with E-state index in [1.807, 2.05) is 0 Å². The molecule has 1 aliphatic carbocycles. The predicted octanol–water partition coefficient (Wildman–Crippen LogP) is 1.74. The Morgan fingerprint density at radius 1 is 1.36 bits per heavy atom. The number of nitrogens with zero attached hydrogens (tertiary/aromatic N) is 1. The molecule has 2 heteroatoms. The first-order chi connectivity index (χ1) is 6.65. The topological polar surface area (TPSA) is 23.5 Å². The Morgan fingerprint density at radius 3 is 2.57 bits per heavy atom. The van der Waals surface area contributed by atoms with Gasteiger partial charge in [0.2, 0.25) is 0 Å². The molecule has 0 aromatic heterocycles. The van der Waals surface area contributed by atoms with E-state index in [0.717, 1.165) is 37.3 Å². The summed E-state index contributed by atoms with van der Waals surface area (Å²) < 4.78 is 0. The minimum atomic E-state index is -0.0454. The largest absolute Gasteiger partial charge is 0.392 e. The van der Waals surface area contributed by atoms with Gasteiger partial charge < -0.3 is 10.0 Å². The van der Waals surface area contributed by atoms with Gasteiger partial charge in [0.1, 0.15) is 0 Å². The first-order valence-electron chi connectivity index (χ1n) is 6.05. The molecule has 14 heavy (non-hydrogen) atoms. The van der Waals surface area contributed by atoms with Gasteiger partial charge in [0.05, 0.1) is 6.10 Å². The van der Waals surface area contributed by atoms with Gasteiger partial charge in [0, 0.05) is 19.6 Å². The van der Waals surface area contributed by atoms with Crippen molar-refractivity contribution < 1.29 is 5.11 Å². The van der Waals surface area contributed by atoms with Crippen LogP contribution in [0.1, 0.15) is 33.1 Å². The van der Waals surface area contributed by atoms with Crippen LogP contribution in [0.15, 0.2) is 0 Å². The van der Waals surface area contributed by atoms with E-state index in [-0.39, 0.29) is 6.10 Å². The maximum Gasteiger partial charge on any atom is 0.0679 e. The highest BCUT2D eigenvalue weighted by Gasteiger charge is 2.33. The fraction of sp³-hybridized carbons (Fsp3) is 1.00. The van der Waals surface area contributed by atoms with Crippen LogP contribution in [0.4, 0.5) is 0 Å². The van der Waals surface area contributed by atoms with Crippen LogP contribution in [-0.4, -0.2) is 35.7 Å². The Bertz CT molecular complexity index is 187. The molecule has 0 radical (unpaired) electrons. The van der Waals surface area contributed by atoms with Gasteiger partial charge in [-0.1, -0.05) is 13.8 Å². The number of aliphatic hydroxyl groups excluding tert-OH is 1. The zero-order chi connectivity index (χ0) is 10.1. The number of β-amino-alcohol motifs (C(OH)–C–C–N with tert-alkyl or cyclic N) is 1. The van der Waals surface area contributed by atoms with Crippen LogP contribution < -0.4 is 0 Å². The Labute approximate surface area is 87.3 Å². The number of hydrogen-bond donors (Lipinski definition) is 1. The molecule has 1 saturated heterocycles. The van der Waals surface area contributed by atoms with E-state index in [1.54, 1.807) is 0 Å². The summed E-state index contributed by atoms with van der Waals surface area (Å²) in [5.41, 5.74) is 0. The second-order valence-electron chi connectivity index (χ2n) is 5.54. The normalized spacial score (nSPS) is 39.0. The summed E-state index contributed by atoms with van der Waals surface area (Å²) in [6.45, 7) is 7.94. The molecule has 0 aromatic carbocycles. The minimum Gasteiger partial charge on any atom is -0.392 e. The molecule has 0 amide bonds. The minimum absolute atomic E-state index is 0.0454. The maximum atomic E-state index is 9.40. The zero-order valence-electron chi connectivity index (χ0n) is 9.45. The number of likely N-dealkylation sites (tertiary alicyclic amines) is 1. The Hall–Kier alpha value is -0.0800. The zero-order valence-corrected chi connectivity index (χ0v) is 9.45. The van der Waals surface area contributed by atoms with Crippen molar-refractivity contribution in [1.82, 2.24) is 4.90 Å². The Kier molecular flexibility index (Phi) is 3.13. The van der Waals surface area contributed by atoms with E-state index in [2.05, 4.69) is 18.7 Å². The summed E-state index contributed by atoms with van der Waals surface area (Å²) in [5.74, 6) is 2.77. The summed E-state index contributed by atoms with van der Waals surface area (Å²) in [6, 6.07) is 0. The maximum absolute atomic E-state index is 9.40. The molecule has 2 aliphatic rings. The van der Waals surface area contributed by atoms with Gasteiger partial charge >= 0.3 is 0 Å². The van der Waals surface area contributed by atoms with Crippen molar-refractivity contribution in [3.63, 3.8) is 0 Å². The van der Waals surface area contributed by atoms with E-state index in [4.69, 9.17) is 0 Å². The number of hydrogen-bond acceptors (Lipinski definition) is 2. The Balaban J connectivity index is 1.64. The smallest absolute Gasteiger partial charge is 0.0679 e. The highest BCUT2D eigenvalue weighted by atomic mass is 16.3. The van der Waals surface area contributed by atoms with Crippen LogP contribution >= 0.6 is 0 Å². The van der Waals surface area contributed by atoms with Crippen LogP contribution in [0, 0.1) is 17.8 Å². The third-order valence-corrected chi connectivity index (χ3v) is 3.98. The average molecular weight is 197 g/mol. The van der Waals surface area contributed by atoms with Gasteiger partial charge in [-0.2, -0.15) is 0 Å². The summed E-state index contributed by atoms with van der Waals surface area (Å²) in [6.07, 6.45) is 3.78. The molecule has 0 unspecified atom stereocenters. The predicted molar refractivity (Wildman–Crippen MR) is 58.1 cm³/mol. The lowest BCUT2D eigenvalue weighted by Crippen LogP contribution is -2.37. The third kappa shape index (κ3) is 2.29. The van der Waals surface area contributed by atoms with Gasteiger partial charge in [-0.05, 0) is 37.0 Å². The monoisotopic (exact) mass is 197 g/mol. The van der Waals surface area contributed by atoms with Crippen molar-refractivity contribution in [2.45, 2.75) is 39.2 Å². The summed E-state index contributed by atoms with van der Waals surface area (Å²) in [4.78, 5) is 2.44. The molecule has 1 saturated carbocycles. The highest BCUT2D eigenvalue weighted by Crippen LogP contribution is 2.39. The molecule has 2 nitrogen and oxygen atoms in total. The molecule has 0 aromatic rings. The lowest BCUT2D eigenvalue weighted by molar-refractivity contribution is 0.0966. The van der Waals surface area contributed by atoms with Crippen LogP contribution in [-0.2, 0) is 0 Å². The molecular formula is C12H23NO. The summed E-state index contributed by atoms with van der Waals surface area (Å²) in [5, 5.41) is 9.40. The Morgan fingerprint density at radius 2 is 2.07 bits per heavy atom. The van der Waals surface area contributed by atoms with E-state index >= 15 is 0 Å². The molecule has 0 bridgehead atoms. The lowest BCUT2D eigenvalue weighted by Gasteiger charge is -2.40. The molecular weight excluding hydrogens is 174 g/mol. The molecule has 2 rings (SSSR count). The standard InChI is InChI=1S/C12H23NO/c1-9(2)11-5-10(6-11)7-13-4-3-12(14)8-13/h9-12,14H,3-8H2,1-2H3/t10?,11?,12-/m1/s1. The van der Waals surface area contributed by atoms with Crippen molar-refractivity contribution in [2.24, 2.45) is 17.8 Å². The van der Waals surface area contributed by atoms with Gasteiger partial charge in [0.15, 0.2) is 0 Å². The quantitative estimate of drug-likeness (QED) is 0.745. The molecule has 1 atom stereocenters. The van der Waals surface area contributed by atoms with Gasteiger partial charge in [-0.15, -0.1) is 0 Å². The van der Waals surface area contributed by atoms with E-state index in [9.17, 15) is 5.11 Å². The molecule has 0 spiro atoms. The summed E-state index contributed by atoms with van der Waals surface area (Å²) >= 11 is 0. The summed E-state index contributed by atoms with van der Waals surface area (Å²) in [7, 11) is 0. The van der Waals surface area contributed by atoms with Gasteiger partial charge in [0.25, 0.3) is 0 Å². The number of aliphatic hydroxyl groups is 1. The first-order valence-corrected chi connectivity index (χ1v) is 6.05. The van der Waals surface area contributed by atoms with Crippen molar-refractivity contribution in [1.29, 1.82) is 0 Å². The number of rotatable bonds is 3. The third-order valence-electron chi connectivity index (χ3n) is 3.98. The van der Waals surface area contributed by atoms with Crippen molar-refractivity contribution in [3.8, 4) is 0 Å². The van der Waals surface area contributed by atoms with E-state index in [0.29, 0.717) is 0 Å². The first kappa shape index (κ1) is 10.4. The van der Waals surface area contributed by atoms with Crippen molar-refractivity contribution in [2.75, 3.05) is 19.6 Å². The van der Waals surface area contributed by atoms with Crippen molar-refractivity contribution in [3.05, 3.63) is 0 Å². The van der Waals surface area contributed by atoms with Crippen LogP contribution in [0.5, 0.6) is 0 Å². The van der Waals surface area contributed by atoms with Crippen molar-refractivity contribution >= 4 is 0 Å². The molecule has 2 fully saturated rings. The average Bonchev–Trinajstić information content (AvgIpc) is 2.42. The van der Waals surface area contributed by atoms with Crippen LogP contribution in [0.25, 0.3) is 0 Å².